The molecule has 10 heavy (non-hydrogen) atoms. The fourth-order valence-electron chi connectivity index (χ4n) is 1.32. The van der Waals surface area contributed by atoms with Crippen molar-refractivity contribution in [2.45, 2.75) is 18.9 Å². The molecule has 4 nitrogen and oxygen atoms in total. The molecule has 0 aliphatic carbocycles. The predicted octanol–water partition coefficient (Wildman–Crippen LogP) is 0.229. The Morgan fingerprint density at radius 2 is 2.60 bits per heavy atom. The van der Waals surface area contributed by atoms with E-state index < -0.39 is 0 Å². The largest absolute Gasteiger partial charge is 0.309 e. The molecular weight excluding hydrogens is 128 g/mol. The number of nitrogens with zero attached hydrogens (tertiary/aromatic N) is 2. The van der Waals surface area contributed by atoms with Crippen LogP contribution in [0.1, 0.15) is 24.6 Å². The Bertz CT molecular complexity index is 188. The second-order valence-corrected chi connectivity index (χ2v) is 2.54. The van der Waals surface area contributed by atoms with Crippen LogP contribution < -0.4 is 5.32 Å². The van der Waals surface area contributed by atoms with Gasteiger partial charge in [0.25, 0.3) is 0 Å². The second-order valence-electron chi connectivity index (χ2n) is 2.54. The first-order valence-corrected chi connectivity index (χ1v) is 3.56. The van der Waals surface area contributed by atoms with Crippen LogP contribution in [0.3, 0.4) is 0 Å². The van der Waals surface area contributed by atoms with Crippen molar-refractivity contribution in [1.29, 1.82) is 0 Å². The molecule has 4 heteroatoms. The lowest BCUT2D eigenvalue weighted by Crippen LogP contribution is -2.12. The Balaban J connectivity index is 2.12. The van der Waals surface area contributed by atoms with Crippen LogP contribution >= 0.6 is 0 Å². The van der Waals surface area contributed by atoms with E-state index in [0.717, 1.165) is 12.2 Å². The predicted molar refractivity (Wildman–Crippen MR) is 36.4 cm³/mol. The number of hydrogen-bond donors (Lipinski definition) is 2. The van der Waals surface area contributed by atoms with Crippen LogP contribution in [0.15, 0.2) is 6.20 Å². The van der Waals surface area contributed by atoms with Gasteiger partial charge in [0.1, 0.15) is 0 Å². The monoisotopic (exact) mass is 138 g/mol. The molecule has 54 valence electrons. The van der Waals surface area contributed by atoms with E-state index in [2.05, 4.69) is 20.7 Å². The van der Waals surface area contributed by atoms with Crippen LogP contribution in [0, 0.1) is 0 Å². The second kappa shape index (κ2) is 2.38. The number of aromatic amines is 1. The number of hydrogen-bond acceptors (Lipinski definition) is 3. The molecule has 0 radical (unpaired) electrons. The minimum Gasteiger partial charge on any atom is -0.309 e. The van der Waals surface area contributed by atoms with E-state index >= 15 is 0 Å². The van der Waals surface area contributed by atoms with Crippen LogP contribution in [0.2, 0.25) is 0 Å². The Morgan fingerprint density at radius 1 is 1.60 bits per heavy atom. The van der Waals surface area contributed by atoms with Gasteiger partial charge in [-0.3, -0.25) is 0 Å². The smallest absolute Gasteiger partial charge is 0.0993 e. The summed E-state index contributed by atoms with van der Waals surface area (Å²) in [4.78, 5) is 0. The summed E-state index contributed by atoms with van der Waals surface area (Å²) in [5.74, 6) is 0. The summed E-state index contributed by atoms with van der Waals surface area (Å²) >= 11 is 0. The maximum Gasteiger partial charge on any atom is 0.0993 e. The molecular formula is C6H10N4. The highest BCUT2D eigenvalue weighted by molar-refractivity contribution is 5.01. The Kier molecular flexibility index (Phi) is 1.39. The van der Waals surface area contributed by atoms with Gasteiger partial charge in [0.05, 0.1) is 17.9 Å². The standard InChI is InChI=1S/C6H10N4/c1-2-5(7-3-1)6-4-8-10-9-6/h4-5,7H,1-3H2,(H,8,9,10). The number of rotatable bonds is 1. The minimum atomic E-state index is 0.443. The van der Waals surface area contributed by atoms with Gasteiger partial charge in [-0.2, -0.15) is 15.4 Å². The molecule has 0 spiro atoms. The third kappa shape index (κ3) is 0.903. The maximum absolute atomic E-state index is 4.00. The van der Waals surface area contributed by atoms with E-state index in [1.807, 2.05) is 0 Å². The highest BCUT2D eigenvalue weighted by atomic mass is 15.3. The van der Waals surface area contributed by atoms with Crippen molar-refractivity contribution in [3.63, 3.8) is 0 Å². The molecule has 1 aromatic heterocycles. The first-order valence-electron chi connectivity index (χ1n) is 3.56. The Labute approximate surface area is 59.0 Å². The van der Waals surface area contributed by atoms with Crippen LogP contribution in [-0.4, -0.2) is 22.0 Å². The third-order valence-corrected chi connectivity index (χ3v) is 1.85. The zero-order chi connectivity index (χ0) is 6.81. The average molecular weight is 138 g/mol. The lowest BCUT2D eigenvalue weighted by molar-refractivity contribution is 0.625. The summed E-state index contributed by atoms with van der Waals surface area (Å²) in [6, 6.07) is 0.443. The summed E-state index contributed by atoms with van der Waals surface area (Å²) in [5, 5.41) is 13.7. The van der Waals surface area contributed by atoms with Crippen molar-refractivity contribution < 1.29 is 0 Å². The zero-order valence-electron chi connectivity index (χ0n) is 5.67. The number of nitrogens with one attached hydrogen (secondary N) is 2. The quantitative estimate of drug-likeness (QED) is 0.584. The Morgan fingerprint density at radius 3 is 3.20 bits per heavy atom. The van der Waals surface area contributed by atoms with E-state index in [4.69, 9.17) is 0 Å². The van der Waals surface area contributed by atoms with Gasteiger partial charge < -0.3 is 5.32 Å². The first kappa shape index (κ1) is 5.85. The highest BCUT2D eigenvalue weighted by Crippen LogP contribution is 2.19. The van der Waals surface area contributed by atoms with Gasteiger partial charge in [0, 0.05) is 0 Å². The van der Waals surface area contributed by atoms with Gasteiger partial charge in [0.2, 0.25) is 0 Å². The fourth-order valence-corrected chi connectivity index (χ4v) is 1.32. The number of H-pyrrole nitrogens is 1. The molecule has 0 saturated carbocycles. The molecule has 2 N–H and O–H groups in total. The SMILES string of the molecule is c1n[nH]nc1C1CCCN1. The molecule has 1 fully saturated rings. The zero-order valence-corrected chi connectivity index (χ0v) is 5.67. The van der Waals surface area contributed by atoms with Gasteiger partial charge in [-0.05, 0) is 19.4 Å². The molecule has 1 saturated heterocycles. The molecule has 2 rings (SSSR count). The van der Waals surface area contributed by atoms with E-state index in [1.54, 1.807) is 6.20 Å². The van der Waals surface area contributed by atoms with Crippen LogP contribution in [-0.2, 0) is 0 Å². The molecule has 2 heterocycles. The van der Waals surface area contributed by atoms with Gasteiger partial charge >= 0.3 is 0 Å². The fraction of sp³-hybridized carbons (Fsp3) is 0.667. The van der Waals surface area contributed by atoms with Crippen molar-refractivity contribution in [2.75, 3.05) is 6.54 Å². The van der Waals surface area contributed by atoms with Gasteiger partial charge in [-0.1, -0.05) is 0 Å². The topological polar surface area (TPSA) is 53.6 Å². The van der Waals surface area contributed by atoms with E-state index in [0.29, 0.717) is 6.04 Å². The normalized spacial score (nSPS) is 25.4. The van der Waals surface area contributed by atoms with Crippen molar-refractivity contribution in [2.24, 2.45) is 0 Å². The van der Waals surface area contributed by atoms with Crippen LogP contribution in [0.25, 0.3) is 0 Å². The Hall–Kier alpha value is -0.900. The van der Waals surface area contributed by atoms with Crippen LogP contribution in [0.4, 0.5) is 0 Å². The lowest BCUT2D eigenvalue weighted by atomic mass is 10.2. The molecule has 0 bridgehead atoms. The average Bonchev–Trinajstić information content (AvgIpc) is 2.59. The lowest BCUT2D eigenvalue weighted by Gasteiger charge is -2.02. The summed E-state index contributed by atoms with van der Waals surface area (Å²) < 4.78 is 0. The molecule has 1 aliphatic heterocycles. The summed E-state index contributed by atoms with van der Waals surface area (Å²) in [5.41, 5.74) is 1.04. The summed E-state index contributed by atoms with van der Waals surface area (Å²) in [7, 11) is 0. The van der Waals surface area contributed by atoms with E-state index in [1.165, 1.54) is 12.8 Å². The van der Waals surface area contributed by atoms with Crippen molar-refractivity contribution >= 4 is 0 Å². The third-order valence-electron chi connectivity index (χ3n) is 1.85. The number of aromatic nitrogens is 3. The molecule has 0 amide bonds. The molecule has 1 aromatic rings. The minimum absolute atomic E-state index is 0.443. The summed E-state index contributed by atoms with van der Waals surface area (Å²) in [6.45, 7) is 1.11. The van der Waals surface area contributed by atoms with Crippen molar-refractivity contribution in [1.82, 2.24) is 20.7 Å². The van der Waals surface area contributed by atoms with Crippen molar-refractivity contribution in [3.8, 4) is 0 Å². The van der Waals surface area contributed by atoms with Crippen LogP contribution in [0.5, 0.6) is 0 Å². The van der Waals surface area contributed by atoms with Gasteiger partial charge in [0.15, 0.2) is 0 Å². The van der Waals surface area contributed by atoms with Crippen molar-refractivity contribution in [3.05, 3.63) is 11.9 Å². The van der Waals surface area contributed by atoms with Gasteiger partial charge in [-0.25, -0.2) is 0 Å². The maximum atomic E-state index is 4.00. The van der Waals surface area contributed by atoms with E-state index in [9.17, 15) is 0 Å². The molecule has 1 unspecified atom stereocenters. The molecule has 1 atom stereocenters. The van der Waals surface area contributed by atoms with Gasteiger partial charge in [-0.15, -0.1) is 0 Å². The van der Waals surface area contributed by atoms with E-state index in [-0.39, 0.29) is 0 Å². The molecule has 1 aliphatic rings. The first-order chi connectivity index (χ1) is 4.97. The molecule has 0 aromatic carbocycles. The summed E-state index contributed by atoms with van der Waals surface area (Å²) in [6.07, 6.45) is 4.22. The highest BCUT2D eigenvalue weighted by Gasteiger charge is 2.17.